The van der Waals surface area contributed by atoms with Crippen molar-refractivity contribution in [3.63, 3.8) is 0 Å². The average molecular weight is 469 g/mol. The zero-order chi connectivity index (χ0) is 23.7. The topological polar surface area (TPSA) is 65.9 Å². The Morgan fingerprint density at radius 2 is 1.69 bits per heavy atom. The van der Waals surface area contributed by atoms with E-state index in [0.29, 0.717) is 12.5 Å². The summed E-state index contributed by atoms with van der Waals surface area (Å²) in [5, 5.41) is 1.70. The van der Waals surface area contributed by atoms with E-state index < -0.39 is 11.5 Å². The number of carbonyl (C=O) groups is 2. The van der Waals surface area contributed by atoms with Crippen molar-refractivity contribution in [3.05, 3.63) is 66.2 Å². The number of amides is 2. The number of nitrogens with zero attached hydrogens (tertiary/aromatic N) is 4. The summed E-state index contributed by atoms with van der Waals surface area (Å²) in [5.41, 5.74) is 2.37. The third-order valence-corrected chi connectivity index (χ3v) is 7.74. The van der Waals surface area contributed by atoms with Crippen molar-refractivity contribution >= 4 is 28.4 Å². The number of fused-ring (bicyclic) bond motifs is 1. The summed E-state index contributed by atoms with van der Waals surface area (Å²) < 4.78 is 13.6. The van der Waals surface area contributed by atoms with Gasteiger partial charge in [0.2, 0.25) is 11.9 Å². The molecule has 1 saturated heterocycles. The smallest absolute Gasteiger partial charge is 0.256 e. The SMILES string of the molecule is O=C(C1CC1)N1CC(CN2C(=O)C3(CC3)N=C2c2ccc(-c3ccc4cnc(F)cc4c3)cc2)C1. The van der Waals surface area contributed by atoms with Gasteiger partial charge in [-0.15, -0.1) is 0 Å². The number of likely N-dealkylation sites (tertiary alicyclic amines) is 1. The number of hydrogen-bond donors (Lipinski definition) is 0. The first-order chi connectivity index (χ1) is 17.0. The molecule has 6 nitrogen and oxygen atoms in total. The Labute approximate surface area is 202 Å². The zero-order valence-corrected chi connectivity index (χ0v) is 19.3. The van der Waals surface area contributed by atoms with E-state index in [-0.39, 0.29) is 17.7 Å². The Hall–Kier alpha value is -3.61. The van der Waals surface area contributed by atoms with Gasteiger partial charge in [0.05, 0.1) is 0 Å². The van der Waals surface area contributed by atoms with Crippen molar-refractivity contribution in [2.45, 2.75) is 31.2 Å². The van der Waals surface area contributed by atoms with Gasteiger partial charge in [0.15, 0.2) is 0 Å². The van der Waals surface area contributed by atoms with Gasteiger partial charge in [-0.05, 0) is 48.3 Å². The van der Waals surface area contributed by atoms with Crippen molar-refractivity contribution in [2.75, 3.05) is 19.6 Å². The zero-order valence-electron chi connectivity index (χ0n) is 19.3. The molecule has 2 aliphatic carbocycles. The van der Waals surface area contributed by atoms with E-state index >= 15 is 0 Å². The summed E-state index contributed by atoms with van der Waals surface area (Å²) in [6.07, 6.45) is 5.20. The molecule has 7 rings (SSSR count). The fourth-order valence-corrected chi connectivity index (χ4v) is 5.31. The highest BCUT2D eigenvalue weighted by Crippen LogP contribution is 2.46. The van der Waals surface area contributed by atoms with E-state index in [0.717, 1.165) is 72.1 Å². The van der Waals surface area contributed by atoms with Crippen LogP contribution in [-0.2, 0) is 9.59 Å². The minimum atomic E-state index is -0.558. The Kier molecular flexibility index (Phi) is 4.41. The van der Waals surface area contributed by atoms with E-state index in [1.807, 2.05) is 52.3 Å². The highest BCUT2D eigenvalue weighted by Gasteiger charge is 2.57. The van der Waals surface area contributed by atoms with E-state index in [4.69, 9.17) is 4.99 Å². The Bertz CT molecular complexity index is 1400. The van der Waals surface area contributed by atoms with Gasteiger partial charge < -0.3 is 4.90 Å². The Balaban J connectivity index is 1.11. The van der Waals surface area contributed by atoms with Gasteiger partial charge in [-0.1, -0.05) is 36.4 Å². The number of aliphatic imine (C=N–C) groups is 1. The molecule has 0 unspecified atom stereocenters. The summed E-state index contributed by atoms with van der Waals surface area (Å²) >= 11 is 0. The number of halogens is 1. The van der Waals surface area contributed by atoms with Gasteiger partial charge in [0.1, 0.15) is 11.4 Å². The molecule has 3 fully saturated rings. The molecule has 7 heteroatoms. The molecule has 0 bridgehead atoms. The number of rotatable bonds is 5. The van der Waals surface area contributed by atoms with Crippen LogP contribution in [0.1, 0.15) is 31.2 Å². The van der Waals surface area contributed by atoms with Crippen LogP contribution in [0.4, 0.5) is 4.39 Å². The van der Waals surface area contributed by atoms with Crippen molar-refractivity contribution in [2.24, 2.45) is 16.8 Å². The van der Waals surface area contributed by atoms with Crippen LogP contribution in [-0.4, -0.2) is 57.6 Å². The summed E-state index contributed by atoms with van der Waals surface area (Å²) in [5.74, 6) is 1.19. The van der Waals surface area contributed by atoms with Crippen LogP contribution in [0.25, 0.3) is 21.9 Å². The van der Waals surface area contributed by atoms with Gasteiger partial charge in [-0.3, -0.25) is 19.5 Å². The number of amidine groups is 1. The molecule has 0 radical (unpaired) electrons. The van der Waals surface area contributed by atoms with E-state index in [1.54, 1.807) is 0 Å². The maximum absolute atomic E-state index is 13.6. The first-order valence-electron chi connectivity index (χ1n) is 12.4. The van der Waals surface area contributed by atoms with E-state index in [1.165, 1.54) is 12.3 Å². The van der Waals surface area contributed by atoms with Gasteiger partial charge in [0.25, 0.3) is 5.91 Å². The van der Waals surface area contributed by atoms with Crippen LogP contribution in [0.15, 0.2) is 59.7 Å². The predicted octanol–water partition coefficient (Wildman–Crippen LogP) is 4.03. The Morgan fingerprint density at radius 3 is 2.40 bits per heavy atom. The lowest BCUT2D eigenvalue weighted by Gasteiger charge is -2.41. The van der Waals surface area contributed by atoms with Crippen LogP contribution < -0.4 is 0 Å². The molecule has 35 heavy (non-hydrogen) atoms. The fourth-order valence-electron chi connectivity index (χ4n) is 5.31. The number of carbonyl (C=O) groups excluding carboxylic acids is 2. The highest BCUT2D eigenvalue weighted by molar-refractivity contribution is 6.16. The van der Waals surface area contributed by atoms with E-state index in [2.05, 4.69) is 4.98 Å². The van der Waals surface area contributed by atoms with Crippen molar-refractivity contribution in [1.82, 2.24) is 14.8 Å². The molecule has 1 spiro atoms. The first-order valence-corrected chi connectivity index (χ1v) is 12.4. The summed E-state index contributed by atoms with van der Waals surface area (Å²) in [4.78, 5) is 37.9. The molecule has 0 N–H and O–H groups in total. The van der Waals surface area contributed by atoms with Crippen molar-refractivity contribution in [3.8, 4) is 11.1 Å². The molecule has 1 aromatic heterocycles. The lowest BCUT2D eigenvalue weighted by atomic mass is 9.97. The normalized spacial score (nSPS) is 20.9. The van der Waals surface area contributed by atoms with Gasteiger partial charge in [0, 0.05) is 54.7 Å². The summed E-state index contributed by atoms with van der Waals surface area (Å²) in [7, 11) is 0. The molecule has 2 aliphatic heterocycles. The predicted molar refractivity (Wildman–Crippen MR) is 130 cm³/mol. The minimum absolute atomic E-state index is 0.105. The maximum atomic E-state index is 13.6. The van der Waals surface area contributed by atoms with Crippen LogP contribution in [0.3, 0.4) is 0 Å². The first kappa shape index (κ1) is 20.7. The molecule has 2 saturated carbocycles. The Morgan fingerprint density at radius 1 is 0.971 bits per heavy atom. The molecule has 3 aromatic rings. The summed E-state index contributed by atoms with van der Waals surface area (Å²) in [6, 6.07) is 15.4. The second kappa shape index (κ2) is 7.44. The van der Waals surface area contributed by atoms with Crippen LogP contribution in [0.5, 0.6) is 0 Å². The number of aromatic nitrogens is 1. The molecular formula is C28H25FN4O2. The third-order valence-electron chi connectivity index (χ3n) is 7.74. The minimum Gasteiger partial charge on any atom is -0.342 e. The lowest BCUT2D eigenvalue weighted by molar-refractivity contribution is -0.139. The van der Waals surface area contributed by atoms with Crippen LogP contribution in [0.2, 0.25) is 0 Å². The molecule has 0 atom stereocenters. The second-order valence-electron chi connectivity index (χ2n) is 10.4. The number of hydrogen-bond acceptors (Lipinski definition) is 4. The maximum Gasteiger partial charge on any atom is 0.256 e. The monoisotopic (exact) mass is 468 g/mol. The molecular weight excluding hydrogens is 443 g/mol. The number of benzene rings is 2. The van der Waals surface area contributed by atoms with Crippen molar-refractivity contribution in [1.29, 1.82) is 0 Å². The van der Waals surface area contributed by atoms with E-state index in [9.17, 15) is 14.0 Å². The molecule has 4 aliphatic rings. The fraction of sp³-hybridized carbons (Fsp3) is 0.357. The number of pyridine rings is 1. The second-order valence-corrected chi connectivity index (χ2v) is 10.4. The third kappa shape index (κ3) is 3.52. The van der Waals surface area contributed by atoms with Crippen LogP contribution in [0, 0.1) is 17.8 Å². The highest BCUT2D eigenvalue weighted by atomic mass is 19.1. The van der Waals surface area contributed by atoms with Gasteiger partial charge in [-0.25, -0.2) is 4.98 Å². The molecule has 2 amide bonds. The van der Waals surface area contributed by atoms with Gasteiger partial charge in [-0.2, -0.15) is 4.39 Å². The van der Waals surface area contributed by atoms with Crippen LogP contribution >= 0.6 is 0 Å². The van der Waals surface area contributed by atoms with Crippen molar-refractivity contribution < 1.29 is 14.0 Å². The summed E-state index contributed by atoms with van der Waals surface area (Å²) in [6.45, 7) is 2.08. The molecule has 3 heterocycles. The molecule has 2 aromatic carbocycles. The quantitative estimate of drug-likeness (QED) is 0.531. The largest absolute Gasteiger partial charge is 0.342 e. The molecule has 176 valence electrons. The van der Waals surface area contributed by atoms with Gasteiger partial charge >= 0.3 is 0 Å². The average Bonchev–Trinajstić information content (AvgIpc) is 3.76. The lowest BCUT2D eigenvalue weighted by Crippen LogP contribution is -2.55. The standard InChI is InChI=1S/C28H25FN4O2/c29-24-12-23-11-21(7-8-22(23)13-30-24)18-1-3-19(4-2-18)25-31-28(9-10-28)27(35)33(25)16-17-14-32(15-17)26(34)20-5-6-20/h1-4,7-8,11-13,17,20H,5-6,9-10,14-16H2.